The molecular weight excluding hydrogens is 349 g/mol. The maximum atomic E-state index is 12.6. The van der Waals surface area contributed by atoms with Gasteiger partial charge in [0.25, 0.3) is 0 Å². The van der Waals surface area contributed by atoms with Crippen LogP contribution < -0.4 is 9.80 Å². The highest BCUT2D eigenvalue weighted by Gasteiger charge is 2.29. The van der Waals surface area contributed by atoms with Crippen LogP contribution in [-0.2, 0) is 13.1 Å². The summed E-state index contributed by atoms with van der Waals surface area (Å²) in [6, 6.07) is 1.82. The molecule has 1 unspecified atom stereocenters. The minimum atomic E-state index is -4.30. The second-order valence-corrected chi connectivity index (χ2v) is 6.35. The zero-order valence-corrected chi connectivity index (χ0v) is 14.4. The Balaban J connectivity index is 1.74. The largest absolute Gasteiger partial charge is 0.406 e. The Morgan fingerprint density at radius 1 is 1.31 bits per heavy atom. The molecule has 0 bridgehead atoms. The number of hydrogen-bond acceptors (Lipinski definition) is 6. The fourth-order valence-corrected chi connectivity index (χ4v) is 3.15. The first-order valence-corrected chi connectivity index (χ1v) is 8.35. The van der Waals surface area contributed by atoms with E-state index in [2.05, 4.69) is 15.0 Å². The van der Waals surface area contributed by atoms with Gasteiger partial charge in [-0.2, -0.15) is 13.2 Å². The lowest BCUT2D eigenvalue weighted by molar-refractivity contribution is -0.141. The Labute approximate surface area is 149 Å². The van der Waals surface area contributed by atoms with Crippen LogP contribution in [0.3, 0.4) is 0 Å². The highest BCUT2D eigenvalue weighted by atomic mass is 19.4. The molecule has 1 atom stereocenters. The first-order valence-electron chi connectivity index (χ1n) is 8.35. The third-order valence-electron chi connectivity index (χ3n) is 4.44. The molecule has 0 aliphatic carbocycles. The Hall–Kier alpha value is -2.36. The topological polar surface area (TPSA) is 70.3 Å². The van der Waals surface area contributed by atoms with Crippen LogP contribution in [-0.4, -0.2) is 57.0 Å². The van der Waals surface area contributed by atoms with Crippen LogP contribution in [0.25, 0.3) is 0 Å². The number of nitrogens with zero attached hydrogens (tertiary/aromatic N) is 6. The number of imidazole rings is 1. The van der Waals surface area contributed by atoms with Crippen molar-refractivity contribution in [2.24, 2.45) is 0 Å². The summed E-state index contributed by atoms with van der Waals surface area (Å²) in [5, 5.41) is 9.47. The van der Waals surface area contributed by atoms with Crippen molar-refractivity contribution >= 4 is 11.6 Å². The summed E-state index contributed by atoms with van der Waals surface area (Å²) in [7, 11) is 1.74. The van der Waals surface area contributed by atoms with Crippen LogP contribution in [0.5, 0.6) is 0 Å². The first kappa shape index (κ1) is 18.4. The van der Waals surface area contributed by atoms with Crippen molar-refractivity contribution in [1.29, 1.82) is 0 Å². The minimum Gasteiger partial charge on any atom is -0.394 e. The second kappa shape index (κ2) is 7.48. The monoisotopic (exact) mass is 370 g/mol. The molecule has 3 rings (SSSR count). The Bertz CT molecular complexity index is 735. The molecule has 1 aliphatic rings. The smallest absolute Gasteiger partial charge is 0.394 e. The van der Waals surface area contributed by atoms with Gasteiger partial charge in [0.2, 0.25) is 0 Å². The molecule has 142 valence electrons. The highest BCUT2D eigenvalue weighted by Crippen LogP contribution is 2.26. The summed E-state index contributed by atoms with van der Waals surface area (Å²) in [5.41, 5.74) is 0. The molecule has 10 heteroatoms. The molecular formula is C16H21F3N6O. The van der Waals surface area contributed by atoms with Gasteiger partial charge in [0, 0.05) is 32.1 Å². The first-order chi connectivity index (χ1) is 12.4. The quantitative estimate of drug-likeness (QED) is 0.837. The van der Waals surface area contributed by atoms with Gasteiger partial charge in [-0.3, -0.25) is 0 Å². The minimum absolute atomic E-state index is 0.0359. The van der Waals surface area contributed by atoms with Crippen LogP contribution in [0.1, 0.15) is 18.7 Å². The Morgan fingerprint density at radius 2 is 2.12 bits per heavy atom. The lowest BCUT2D eigenvalue weighted by Crippen LogP contribution is -2.33. The standard InChI is InChI=1S/C16H21F3N6O/c1-23(8-15-20-4-6-24(15)10-16(17,18)19)13-7-14(22-11-21-13)25-5-2-3-12(25)9-26/h4,6-7,11-12,26H,2-3,5,8-10H2,1H3. The number of rotatable bonds is 6. The molecule has 0 radical (unpaired) electrons. The summed E-state index contributed by atoms with van der Waals surface area (Å²) >= 11 is 0. The third-order valence-corrected chi connectivity index (χ3v) is 4.44. The van der Waals surface area contributed by atoms with Crippen molar-refractivity contribution in [2.45, 2.75) is 38.1 Å². The molecule has 0 aromatic carbocycles. The molecule has 0 spiro atoms. The number of alkyl halides is 3. The van der Waals surface area contributed by atoms with Gasteiger partial charge in [-0.1, -0.05) is 0 Å². The fraction of sp³-hybridized carbons (Fsp3) is 0.562. The molecule has 1 N–H and O–H groups in total. The van der Waals surface area contributed by atoms with Crippen molar-refractivity contribution in [2.75, 3.05) is 30.0 Å². The van der Waals surface area contributed by atoms with E-state index in [1.165, 1.54) is 18.7 Å². The molecule has 7 nitrogen and oxygen atoms in total. The van der Waals surface area contributed by atoms with Crippen LogP contribution in [0, 0.1) is 0 Å². The van der Waals surface area contributed by atoms with Gasteiger partial charge in [0.15, 0.2) is 0 Å². The zero-order chi connectivity index (χ0) is 18.7. The number of aromatic nitrogens is 4. The third kappa shape index (κ3) is 4.24. The molecule has 3 heterocycles. The van der Waals surface area contributed by atoms with Gasteiger partial charge in [0.05, 0.1) is 19.2 Å². The van der Waals surface area contributed by atoms with Crippen LogP contribution >= 0.6 is 0 Å². The predicted molar refractivity (Wildman–Crippen MR) is 89.9 cm³/mol. The number of aliphatic hydroxyl groups excluding tert-OH is 1. The number of aliphatic hydroxyl groups is 1. The van der Waals surface area contributed by atoms with E-state index in [0.717, 1.165) is 24.0 Å². The molecule has 1 saturated heterocycles. The van der Waals surface area contributed by atoms with Crippen LogP contribution in [0.4, 0.5) is 24.8 Å². The highest BCUT2D eigenvalue weighted by molar-refractivity contribution is 5.51. The van der Waals surface area contributed by atoms with E-state index in [4.69, 9.17) is 0 Å². The molecule has 2 aromatic heterocycles. The van der Waals surface area contributed by atoms with Gasteiger partial charge in [0.1, 0.15) is 30.3 Å². The van der Waals surface area contributed by atoms with E-state index in [9.17, 15) is 18.3 Å². The van der Waals surface area contributed by atoms with Gasteiger partial charge in [-0.05, 0) is 12.8 Å². The van der Waals surface area contributed by atoms with Crippen LogP contribution in [0.15, 0.2) is 24.8 Å². The van der Waals surface area contributed by atoms with Crippen molar-refractivity contribution in [3.05, 3.63) is 30.6 Å². The summed E-state index contributed by atoms with van der Waals surface area (Å²) in [6.07, 6.45) is 1.69. The Morgan fingerprint density at radius 3 is 2.85 bits per heavy atom. The maximum absolute atomic E-state index is 12.6. The molecule has 1 fully saturated rings. The maximum Gasteiger partial charge on any atom is 0.406 e. The lowest BCUT2D eigenvalue weighted by atomic mass is 10.2. The van der Waals surface area contributed by atoms with Gasteiger partial charge < -0.3 is 19.5 Å². The second-order valence-electron chi connectivity index (χ2n) is 6.35. The summed E-state index contributed by atoms with van der Waals surface area (Å²) < 4.78 is 39.0. The van der Waals surface area contributed by atoms with E-state index in [-0.39, 0.29) is 19.2 Å². The average molecular weight is 370 g/mol. The summed E-state index contributed by atoms with van der Waals surface area (Å²) in [5.74, 6) is 1.59. The molecule has 2 aromatic rings. The van der Waals surface area contributed by atoms with E-state index < -0.39 is 12.7 Å². The van der Waals surface area contributed by atoms with Crippen molar-refractivity contribution < 1.29 is 18.3 Å². The van der Waals surface area contributed by atoms with Gasteiger partial charge >= 0.3 is 6.18 Å². The van der Waals surface area contributed by atoms with Crippen molar-refractivity contribution in [3.8, 4) is 0 Å². The Kier molecular flexibility index (Phi) is 5.30. The van der Waals surface area contributed by atoms with E-state index in [1.807, 2.05) is 4.90 Å². The van der Waals surface area contributed by atoms with Crippen molar-refractivity contribution in [1.82, 2.24) is 19.5 Å². The summed E-state index contributed by atoms with van der Waals surface area (Å²) in [6.45, 7) is -0.0223. The van der Waals surface area contributed by atoms with Crippen LogP contribution in [0.2, 0.25) is 0 Å². The molecule has 0 saturated carbocycles. The molecule has 26 heavy (non-hydrogen) atoms. The van der Waals surface area contributed by atoms with E-state index in [0.29, 0.717) is 17.5 Å². The van der Waals surface area contributed by atoms with Gasteiger partial charge in [-0.25, -0.2) is 15.0 Å². The molecule has 1 aliphatic heterocycles. The number of halogens is 3. The zero-order valence-electron chi connectivity index (χ0n) is 14.4. The fourth-order valence-electron chi connectivity index (χ4n) is 3.15. The average Bonchev–Trinajstić information content (AvgIpc) is 3.23. The normalized spacial score (nSPS) is 17.7. The summed E-state index contributed by atoms with van der Waals surface area (Å²) in [4.78, 5) is 16.3. The molecule has 0 amide bonds. The number of anilines is 2. The SMILES string of the molecule is CN(Cc1nccn1CC(F)(F)F)c1cc(N2CCCC2CO)ncn1. The van der Waals surface area contributed by atoms with E-state index in [1.54, 1.807) is 18.0 Å². The van der Waals surface area contributed by atoms with E-state index >= 15 is 0 Å². The predicted octanol–water partition coefficient (Wildman–Crippen LogP) is 1.83. The van der Waals surface area contributed by atoms with Gasteiger partial charge in [-0.15, -0.1) is 0 Å². The number of hydrogen-bond donors (Lipinski definition) is 1. The van der Waals surface area contributed by atoms with Crippen molar-refractivity contribution in [3.63, 3.8) is 0 Å². The lowest BCUT2D eigenvalue weighted by Gasteiger charge is -2.25.